The van der Waals surface area contributed by atoms with Gasteiger partial charge in [0.2, 0.25) is 0 Å². The van der Waals surface area contributed by atoms with Gasteiger partial charge in [-0.05, 0) is 13.0 Å². The fourth-order valence-corrected chi connectivity index (χ4v) is 1.43. The van der Waals surface area contributed by atoms with Crippen LogP contribution in [0.1, 0.15) is 5.69 Å². The van der Waals surface area contributed by atoms with E-state index in [1.165, 1.54) is 6.92 Å². The number of halogens is 2. The first-order chi connectivity index (χ1) is 8.43. The van der Waals surface area contributed by atoms with Crippen molar-refractivity contribution >= 4 is 11.5 Å². The molecule has 0 spiro atoms. The van der Waals surface area contributed by atoms with E-state index in [0.29, 0.717) is 6.07 Å². The van der Waals surface area contributed by atoms with Crippen LogP contribution in [0.4, 0.5) is 20.3 Å². The number of nitro groups is 1. The van der Waals surface area contributed by atoms with Crippen LogP contribution in [0.3, 0.4) is 0 Å². The predicted molar refractivity (Wildman–Crippen MR) is 57.1 cm³/mol. The molecule has 0 amide bonds. The van der Waals surface area contributed by atoms with Gasteiger partial charge in [-0.25, -0.2) is 13.5 Å². The third-order valence-corrected chi connectivity index (χ3v) is 2.39. The van der Waals surface area contributed by atoms with Crippen LogP contribution in [0.2, 0.25) is 0 Å². The minimum atomic E-state index is -1.38. The van der Waals surface area contributed by atoms with E-state index in [2.05, 4.69) is 10.3 Å². The number of aromatic nitrogens is 3. The first-order valence-electron chi connectivity index (χ1n) is 4.74. The van der Waals surface area contributed by atoms with Gasteiger partial charge in [0.25, 0.3) is 5.69 Å². The van der Waals surface area contributed by atoms with Crippen LogP contribution in [0.25, 0.3) is 5.69 Å². The molecule has 0 atom stereocenters. The molecule has 2 N–H and O–H groups in total. The molecule has 0 unspecified atom stereocenters. The van der Waals surface area contributed by atoms with E-state index in [1.807, 2.05) is 0 Å². The number of hydrogen-bond donors (Lipinski definition) is 1. The van der Waals surface area contributed by atoms with Gasteiger partial charge in [0.1, 0.15) is 0 Å². The minimum Gasteiger partial charge on any atom is -0.381 e. The summed E-state index contributed by atoms with van der Waals surface area (Å²) in [5.41, 5.74) is 4.35. The number of anilines is 1. The maximum Gasteiger partial charge on any atom is 0.298 e. The van der Waals surface area contributed by atoms with Crippen molar-refractivity contribution in [2.75, 3.05) is 5.73 Å². The van der Waals surface area contributed by atoms with Gasteiger partial charge in [0.15, 0.2) is 23.1 Å². The lowest BCUT2D eigenvalue weighted by Gasteiger charge is -2.06. The van der Waals surface area contributed by atoms with Gasteiger partial charge in [-0.1, -0.05) is 5.21 Å². The van der Waals surface area contributed by atoms with Crippen LogP contribution >= 0.6 is 0 Å². The molecule has 1 aromatic carbocycles. The number of nitrogens with zero attached hydrogens (tertiary/aromatic N) is 4. The van der Waals surface area contributed by atoms with Gasteiger partial charge < -0.3 is 5.73 Å². The van der Waals surface area contributed by atoms with Gasteiger partial charge in [0, 0.05) is 6.07 Å². The lowest BCUT2D eigenvalue weighted by atomic mass is 10.2. The molecule has 1 aromatic heterocycles. The third kappa shape index (κ3) is 1.65. The maximum atomic E-state index is 13.7. The van der Waals surface area contributed by atoms with E-state index < -0.39 is 27.9 Å². The van der Waals surface area contributed by atoms with Crippen molar-refractivity contribution in [3.8, 4) is 5.69 Å². The largest absolute Gasteiger partial charge is 0.381 e. The summed E-state index contributed by atoms with van der Waals surface area (Å²) in [6, 6.07) is 1.53. The lowest BCUT2D eigenvalue weighted by molar-refractivity contribution is -0.384. The fourth-order valence-electron chi connectivity index (χ4n) is 1.43. The summed E-state index contributed by atoms with van der Waals surface area (Å²) < 4.78 is 27.6. The minimum absolute atomic E-state index is 0.0204. The van der Waals surface area contributed by atoms with Gasteiger partial charge in [-0.2, -0.15) is 0 Å². The topological polar surface area (TPSA) is 99.9 Å². The highest BCUT2D eigenvalue weighted by Gasteiger charge is 2.25. The number of nitrogen functional groups attached to an aromatic ring is 1. The van der Waals surface area contributed by atoms with Gasteiger partial charge in [0.05, 0.1) is 10.6 Å². The zero-order valence-corrected chi connectivity index (χ0v) is 9.09. The van der Waals surface area contributed by atoms with Crippen molar-refractivity contribution < 1.29 is 13.7 Å². The summed E-state index contributed by atoms with van der Waals surface area (Å²) in [5, 5.41) is 17.7. The summed E-state index contributed by atoms with van der Waals surface area (Å²) in [6.45, 7) is 1.43. The van der Waals surface area contributed by atoms with E-state index in [0.717, 1.165) is 10.7 Å². The summed E-state index contributed by atoms with van der Waals surface area (Å²) in [5.74, 6) is -2.62. The monoisotopic (exact) mass is 255 g/mol. The standard InChI is InChI=1S/C9H7F2N5O2/c1-4-9(12)13-14-15(4)8-6(16(17)18)3-2-5(10)7(8)11/h2-3H,12H2,1H3. The normalized spacial score (nSPS) is 10.6. The zero-order chi connectivity index (χ0) is 13.4. The highest BCUT2D eigenvalue weighted by molar-refractivity contribution is 5.55. The Labute approximate surface area is 99.0 Å². The molecule has 1 heterocycles. The molecule has 0 aliphatic heterocycles. The van der Waals surface area contributed by atoms with Crippen LogP contribution in [0.5, 0.6) is 0 Å². The fraction of sp³-hybridized carbons (Fsp3) is 0.111. The second kappa shape index (κ2) is 4.02. The average molecular weight is 255 g/mol. The van der Waals surface area contributed by atoms with E-state index in [9.17, 15) is 18.9 Å². The quantitative estimate of drug-likeness (QED) is 0.644. The van der Waals surface area contributed by atoms with E-state index in [1.54, 1.807) is 0 Å². The molecule has 2 rings (SSSR count). The Balaban J connectivity index is 2.80. The van der Waals surface area contributed by atoms with Crippen molar-refractivity contribution in [2.45, 2.75) is 6.92 Å². The van der Waals surface area contributed by atoms with Crippen molar-refractivity contribution in [3.05, 3.63) is 39.6 Å². The van der Waals surface area contributed by atoms with Crippen LogP contribution in [-0.2, 0) is 0 Å². The first-order valence-corrected chi connectivity index (χ1v) is 4.74. The molecule has 94 valence electrons. The molecule has 0 bridgehead atoms. The number of nitrogens with two attached hydrogens (primary N) is 1. The summed E-state index contributed by atoms with van der Waals surface area (Å²) in [6.07, 6.45) is 0. The molecule has 7 nitrogen and oxygen atoms in total. The van der Waals surface area contributed by atoms with E-state index in [-0.39, 0.29) is 11.5 Å². The second-order valence-corrected chi connectivity index (χ2v) is 3.46. The summed E-state index contributed by atoms with van der Waals surface area (Å²) in [7, 11) is 0. The molecule has 0 saturated heterocycles. The Hall–Kier alpha value is -2.58. The van der Waals surface area contributed by atoms with Crippen molar-refractivity contribution in [1.82, 2.24) is 15.0 Å². The van der Waals surface area contributed by atoms with Crippen LogP contribution in [0, 0.1) is 28.7 Å². The number of benzene rings is 1. The van der Waals surface area contributed by atoms with Crippen LogP contribution < -0.4 is 5.73 Å². The Bertz CT molecular complexity index is 640. The number of nitro benzene ring substituents is 1. The molecule has 0 aliphatic rings. The summed E-state index contributed by atoms with van der Waals surface area (Å²) in [4.78, 5) is 9.96. The van der Waals surface area contributed by atoms with Gasteiger partial charge in [-0.15, -0.1) is 5.10 Å². The Morgan fingerprint density at radius 2 is 2.11 bits per heavy atom. The van der Waals surface area contributed by atoms with Gasteiger partial charge >= 0.3 is 0 Å². The maximum absolute atomic E-state index is 13.7. The molecule has 18 heavy (non-hydrogen) atoms. The van der Waals surface area contributed by atoms with Gasteiger partial charge in [-0.3, -0.25) is 10.1 Å². The van der Waals surface area contributed by atoms with Crippen LogP contribution in [0.15, 0.2) is 12.1 Å². The average Bonchev–Trinajstić information content (AvgIpc) is 2.63. The van der Waals surface area contributed by atoms with E-state index >= 15 is 0 Å². The lowest BCUT2D eigenvalue weighted by Crippen LogP contribution is -2.08. The Morgan fingerprint density at radius 1 is 1.44 bits per heavy atom. The molecule has 0 aliphatic carbocycles. The highest BCUT2D eigenvalue weighted by Crippen LogP contribution is 2.28. The van der Waals surface area contributed by atoms with Crippen molar-refractivity contribution in [3.63, 3.8) is 0 Å². The van der Waals surface area contributed by atoms with E-state index in [4.69, 9.17) is 5.73 Å². The Morgan fingerprint density at radius 3 is 2.61 bits per heavy atom. The molecular formula is C9H7F2N5O2. The molecule has 2 aromatic rings. The molecule has 0 fully saturated rings. The SMILES string of the molecule is Cc1c(N)nnn1-c1c([N+](=O)[O-])ccc(F)c1F. The Kier molecular flexibility index (Phi) is 2.66. The molecular weight excluding hydrogens is 248 g/mol. The summed E-state index contributed by atoms with van der Waals surface area (Å²) >= 11 is 0. The molecule has 9 heteroatoms. The highest BCUT2D eigenvalue weighted by atomic mass is 19.2. The van der Waals surface area contributed by atoms with Crippen molar-refractivity contribution in [1.29, 1.82) is 0 Å². The predicted octanol–water partition coefficient (Wildman–Crippen LogP) is 1.34. The van der Waals surface area contributed by atoms with Crippen LogP contribution in [-0.4, -0.2) is 19.9 Å². The smallest absolute Gasteiger partial charge is 0.298 e. The molecule has 0 saturated carbocycles. The second-order valence-electron chi connectivity index (χ2n) is 3.46. The third-order valence-electron chi connectivity index (χ3n) is 2.39. The first kappa shape index (κ1) is 11.9. The number of rotatable bonds is 2. The molecule has 0 radical (unpaired) electrons. The number of hydrogen-bond acceptors (Lipinski definition) is 5. The zero-order valence-electron chi connectivity index (χ0n) is 9.09. The van der Waals surface area contributed by atoms with Crippen molar-refractivity contribution in [2.24, 2.45) is 0 Å².